The van der Waals surface area contributed by atoms with E-state index in [-0.39, 0.29) is 0 Å². The normalized spacial score (nSPS) is 11.0. The van der Waals surface area contributed by atoms with Crippen LogP contribution in [0.3, 0.4) is 0 Å². The lowest BCUT2D eigenvalue weighted by Gasteiger charge is -1.99. The highest BCUT2D eigenvalue weighted by molar-refractivity contribution is 7.14. The van der Waals surface area contributed by atoms with Gasteiger partial charge in [0.1, 0.15) is 10.0 Å². The van der Waals surface area contributed by atoms with Crippen molar-refractivity contribution in [2.24, 2.45) is 0 Å². The average Bonchev–Trinajstić information content (AvgIpc) is 2.93. The molecule has 0 saturated carbocycles. The molecule has 2 aromatic heterocycles. The van der Waals surface area contributed by atoms with Gasteiger partial charge in [0, 0.05) is 23.7 Å². The lowest BCUT2D eigenvalue weighted by atomic mass is 10.1. The molecule has 1 aromatic carbocycles. The molecule has 0 atom stereocenters. The molecular formula is C14H14N4S. The number of hydrogen-bond donors (Lipinski definition) is 1. The SMILES string of the molecule is CCNCc1nnc(-c2ccc3ncccc3c2)s1. The second-order valence-electron chi connectivity index (χ2n) is 4.19. The smallest absolute Gasteiger partial charge is 0.147 e. The van der Waals surface area contributed by atoms with E-state index < -0.39 is 0 Å². The van der Waals surface area contributed by atoms with Crippen LogP contribution in [0.25, 0.3) is 21.5 Å². The molecule has 3 aromatic rings. The van der Waals surface area contributed by atoms with Gasteiger partial charge in [-0.2, -0.15) is 0 Å². The highest BCUT2D eigenvalue weighted by Gasteiger charge is 2.07. The fourth-order valence-electron chi connectivity index (χ4n) is 1.88. The van der Waals surface area contributed by atoms with Gasteiger partial charge in [0.05, 0.1) is 5.52 Å². The van der Waals surface area contributed by atoms with E-state index in [1.54, 1.807) is 11.3 Å². The predicted molar refractivity (Wildman–Crippen MR) is 78.0 cm³/mol. The van der Waals surface area contributed by atoms with E-state index in [1.165, 1.54) is 0 Å². The Bertz CT molecular complexity index is 692. The summed E-state index contributed by atoms with van der Waals surface area (Å²) in [6, 6.07) is 10.2. The van der Waals surface area contributed by atoms with Gasteiger partial charge >= 0.3 is 0 Å². The Balaban J connectivity index is 1.92. The second kappa shape index (κ2) is 5.42. The fraction of sp³-hybridized carbons (Fsp3) is 0.214. The summed E-state index contributed by atoms with van der Waals surface area (Å²) in [7, 11) is 0. The zero-order valence-electron chi connectivity index (χ0n) is 10.6. The molecule has 0 saturated heterocycles. The zero-order valence-corrected chi connectivity index (χ0v) is 11.4. The van der Waals surface area contributed by atoms with E-state index in [0.29, 0.717) is 0 Å². The maximum absolute atomic E-state index is 4.32. The zero-order chi connectivity index (χ0) is 13.1. The van der Waals surface area contributed by atoms with Gasteiger partial charge in [-0.05, 0) is 30.8 Å². The van der Waals surface area contributed by atoms with Crippen LogP contribution in [-0.4, -0.2) is 21.7 Å². The molecule has 0 fully saturated rings. The molecule has 5 heteroatoms. The second-order valence-corrected chi connectivity index (χ2v) is 5.25. The number of fused-ring (bicyclic) bond motifs is 1. The average molecular weight is 270 g/mol. The fourth-order valence-corrected chi connectivity index (χ4v) is 2.69. The summed E-state index contributed by atoms with van der Waals surface area (Å²) in [6.45, 7) is 3.80. The summed E-state index contributed by atoms with van der Waals surface area (Å²) in [5.41, 5.74) is 2.10. The highest BCUT2D eigenvalue weighted by Crippen LogP contribution is 2.26. The third kappa shape index (κ3) is 2.62. The minimum atomic E-state index is 0.781. The molecule has 0 aliphatic rings. The Kier molecular flexibility index (Phi) is 3.48. The highest BCUT2D eigenvalue weighted by atomic mass is 32.1. The number of nitrogens with zero attached hydrogens (tertiary/aromatic N) is 3. The summed E-state index contributed by atoms with van der Waals surface area (Å²) < 4.78 is 0. The largest absolute Gasteiger partial charge is 0.311 e. The number of hydrogen-bond acceptors (Lipinski definition) is 5. The van der Waals surface area contributed by atoms with Crippen molar-refractivity contribution < 1.29 is 0 Å². The van der Waals surface area contributed by atoms with E-state index >= 15 is 0 Å². The van der Waals surface area contributed by atoms with Crippen LogP contribution in [0, 0.1) is 0 Å². The van der Waals surface area contributed by atoms with Gasteiger partial charge in [-0.1, -0.05) is 24.3 Å². The van der Waals surface area contributed by atoms with Crippen molar-refractivity contribution in [1.82, 2.24) is 20.5 Å². The first-order valence-corrected chi connectivity index (χ1v) is 7.06. The lowest BCUT2D eigenvalue weighted by Crippen LogP contribution is -2.11. The molecular weight excluding hydrogens is 256 g/mol. The van der Waals surface area contributed by atoms with Crippen LogP contribution in [-0.2, 0) is 6.54 Å². The molecule has 0 spiro atoms. The van der Waals surface area contributed by atoms with Gasteiger partial charge in [-0.3, -0.25) is 4.98 Å². The van der Waals surface area contributed by atoms with Crippen LogP contribution in [0.5, 0.6) is 0 Å². The van der Waals surface area contributed by atoms with Crippen LogP contribution in [0.1, 0.15) is 11.9 Å². The summed E-state index contributed by atoms with van der Waals surface area (Å²) in [5, 5.41) is 14.8. The molecule has 0 bridgehead atoms. The van der Waals surface area contributed by atoms with Gasteiger partial charge in [0.15, 0.2) is 0 Å². The van der Waals surface area contributed by atoms with Crippen molar-refractivity contribution in [3.05, 3.63) is 41.5 Å². The maximum atomic E-state index is 4.32. The van der Waals surface area contributed by atoms with E-state index in [2.05, 4.69) is 39.6 Å². The van der Waals surface area contributed by atoms with Crippen molar-refractivity contribution in [2.75, 3.05) is 6.54 Å². The van der Waals surface area contributed by atoms with Crippen molar-refractivity contribution >= 4 is 22.2 Å². The Morgan fingerprint density at radius 3 is 3.05 bits per heavy atom. The van der Waals surface area contributed by atoms with E-state index in [1.807, 2.05) is 24.4 Å². The van der Waals surface area contributed by atoms with E-state index in [0.717, 1.165) is 39.6 Å². The first-order chi connectivity index (χ1) is 9.36. The Morgan fingerprint density at radius 1 is 1.21 bits per heavy atom. The van der Waals surface area contributed by atoms with Gasteiger partial charge < -0.3 is 5.32 Å². The lowest BCUT2D eigenvalue weighted by molar-refractivity contribution is 0.715. The number of nitrogens with one attached hydrogen (secondary N) is 1. The number of pyridine rings is 1. The summed E-state index contributed by atoms with van der Waals surface area (Å²) in [5.74, 6) is 0. The van der Waals surface area contributed by atoms with Crippen molar-refractivity contribution in [1.29, 1.82) is 0 Å². The minimum Gasteiger partial charge on any atom is -0.311 e. The van der Waals surface area contributed by atoms with Gasteiger partial charge in [0.25, 0.3) is 0 Å². The first-order valence-electron chi connectivity index (χ1n) is 6.25. The van der Waals surface area contributed by atoms with Crippen LogP contribution in [0.15, 0.2) is 36.5 Å². The maximum Gasteiger partial charge on any atom is 0.147 e. The number of rotatable bonds is 4. The van der Waals surface area contributed by atoms with Gasteiger partial charge in [0.2, 0.25) is 0 Å². The first kappa shape index (κ1) is 12.2. The van der Waals surface area contributed by atoms with Crippen LogP contribution in [0.4, 0.5) is 0 Å². The van der Waals surface area contributed by atoms with E-state index in [4.69, 9.17) is 0 Å². The molecule has 0 aliphatic carbocycles. The minimum absolute atomic E-state index is 0.781. The summed E-state index contributed by atoms with van der Waals surface area (Å²) in [6.07, 6.45) is 1.81. The third-order valence-electron chi connectivity index (χ3n) is 2.84. The summed E-state index contributed by atoms with van der Waals surface area (Å²) >= 11 is 1.63. The Labute approximate surface area is 115 Å². The Morgan fingerprint density at radius 2 is 2.16 bits per heavy atom. The molecule has 2 heterocycles. The molecule has 0 aliphatic heterocycles. The monoisotopic (exact) mass is 270 g/mol. The summed E-state index contributed by atoms with van der Waals surface area (Å²) in [4.78, 5) is 4.32. The van der Waals surface area contributed by atoms with Gasteiger partial charge in [-0.25, -0.2) is 0 Å². The number of benzene rings is 1. The standard InChI is InChI=1S/C14H14N4S/c1-2-15-9-13-17-18-14(19-13)11-5-6-12-10(8-11)4-3-7-16-12/h3-8,15H,2,9H2,1H3. The molecule has 19 heavy (non-hydrogen) atoms. The van der Waals surface area contributed by atoms with Crippen molar-refractivity contribution in [3.8, 4) is 10.6 Å². The molecule has 3 rings (SSSR count). The van der Waals surface area contributed by atoms with Crippen molar-refractivity contribution in [3.63, 3.8) is 0 Å². The topological polar surface area (TPSA) is 50.7 Å². The molecule has 4 nitrogen and oxygen atoms in total. The Hall–Kier alpha value is -1.85. The van der Waals surface area contributed by atoms with Crippen molar-refractivity contribution in [2.45, 2.75) is 13.5 Å². The quantitative estimate of drug-likeness (QED) is 0.792. The number of aromatic nitrogens is 3. The molecule has 96 valence electrons. The third-order valence-corrected chi connectivity index (χ3v) is 3.82. The van der Waals surface area contributed by atoms with Crippen LogP contribution >= 0.6 is 11.3 Å². The van der Waals surface area contributed by atoms with Crippen LogP contribution in [0.2, 0.25) is 0 Å². The molecule has 0 unspecified atom stereocenters. The molecule has 0 radical (unpaired) electrons. The van der Waals surface area contributed by atoms with Gasteiger partial charge in [-0.15, -0.1) is 10.2 Å². The molecule has 1 N–H and O–H groups in total. The van der Waals surface area contributed by atoms with E-state index in [9.17, 15) is 0 Å². The molecule has 0 amide bonds. The predicted octanol–water partition coefficient (Wildman–Crippen LogP) is 2.86. The van der Waals surface area contributed by atoms with Crippen LogP contribution < -0.4 is 5.32 Å².